The summed E-state index contributed by atoms with van der Waals surface area (Å²) in [5.41, 5.74) is 5.64. The van der Waals surface area contributed by atoms with E-state index in [0.717, 1.165) is 19.8 Å². The predicted molar refractivity (Wildman–Crippen MR) is 80.6 cm³/mol. The fraction of sp³-hybridized carbons (Fsp3) is 0.647. The van der Waals surface area contributed by atoms with E-state index in [4.69, 9.17) is 4.74 Å². The van der Waals surface area contributed by atoms with Crippen molar-refractivity contribution in [1.29, 1.82) is 0 Å². The van der Waals surface area contributed by atoms with Crippen molar-refractivity contribution >= 4 is 0 Å². The highest BCUT2D eigenvalue weighted by Crippen LogP contribution is 2.32. The summed E-state index contributed by atoms with van der Waals surface area (Å²) in [6.07, 6.45) is 2.46. The first-order valence-corrected chi connectivity index (χ1v) is 7.52. The third kappa shape index (κ3) is 3.37. The largest absolute Gasteiger partial charge is 0.381 e. The van der Waals surface area contributed by atoms with Gasteiger partial charge in [-0.25, -0.2) is 0 Å². The van der Waals surface area contributed by atoms with Gasteiger partial charge in [0.1, 0.15) is 0 Å². The van der Waals surface area contributed by atoms with Crippen LogP contribution in [0.2, 0.25) is 0 Å². The maximum Gasteiger partial charge on any atom is 0.0512 e. The average Bonchev–Trinajstić information content (AvgIpc) is 2.42. The van der Waals surface area contributed by atoms with E-state index in [-0.39, 0.29) is 0 Å². The molecule has 1 aromatic carbocycles. The van der Waals surface area contributed by atoms with Gasteiger partial charge in [-0.1, -0.05) is 19.1 Å². The Morgan fingerprint density at radius 3 is 2.58 bits per heavy atom. The third-order valence-corrected chi connectivity index (χ3v) is 4.31. The van der Waals surface area contributed by atoms with Crippen molar-refractivity contribution in [3.8, 4) is 0 Å². The molecule has 2 unspecified atom stereocenters. The highest BCUT2D eigenvalue weighted by molar-refractivity contribution is 5.38. The third-order valence-electron chi connectivity index (χ3n) is 4.31. The van der Waals surface area contributed by atoms with E-state index in [2.05, 4.69) is 45.1 Å². The maximum atomic E-state index is 5.68. The maximum absolute atomic E-state index is 5.68. The van der Waals surface area contributed by atoms with Gasteiger partial charge in [0.15, 0.2) is 0 Å². The summed E-state index contributed by atoms with van der Waals surface area (Å²) in [5, 5.41) is 3.68. The minimum atomic E-state index is 0.435. The molecule has 0 spiro atoms. The second-order valence-electron chi connectivity index (χ2n) is 5.81. The number of ether oxygens (including phenoxy) is 1. The molecule has 0 saturated carbocycles. The Balaban J connectivity index is 2.29. The summed E-state index contributed by atoms with van der Waals surface area (Å²) < 4.78 is 5.68. The normalized spacial score (nSPS) is 21.4. The molecule has 0 amide bonds. The molecule has 1 aliphatic heterocycles. The van der Waals surface area contributed by atoms with Crippen LogP contribution in [-0.2, 0) is 4.74 Å². The smallest absolute Gasteiger partial charge is 0.0512 e. The first-order valence-electron chi connectivity index (χ1n) is 7.52. The number of benzene rings is 1. The van der Waals surface area contributed by atoms with E-state index in [1.54, 1.807) is 0 Å². The van der Waals surface area contributed by atoms with Gasteiger partial charge in [0, 0.05) is 18.6 Å². The summed E-state index contributed by atoms with van der Waals surface area (Å²) in [5.74, 6) is 0.606. The molecular formula is C17H27NO. The lowest BCUT2D eigenvalue weighted by Crippen LogP contribution is -2.33. The van der Waals surface area contributed by atoms with Gasteiger partial charge in [0.05, 0.1) is 6.61 Å². The van der Waals surface area contributed by atoms with Gasteiger partial charge in [-0.15, -0.1) is 0 Å². The molecule has 19 heavy (non-hydrogen) atoms. The van der Waals surface area contributed by atoms with Crippen molar-refractivity contribution in [3.63, 3.8) is 0 Å². The molecule has 0 bridgehead atoms. The van der Waals surface area contributed by atoms with Crippen LogP contribution < -0.4 is 5.32 Å². The van der Waals surface area contributed by atoms with Gasteiger partial charge in [0.25, 0.3) is 0 Å². The van der Waals surface area contributed by atoms with Crippen molar-refractivity contribution in [3.05, 3.63) is 34.4 Å². The molecule has 2 nitrogen and oxygen atoms in total. The Kier molecular flexibility index (Phi) is 5.00. The Morgan fingerprint density at radius 2 is 1.95 bits per heavy atom. The van der Waals surface area contributed by atoms with E-state index in [9.17, 15) is 0 Å². The van der Waals surface area contributed by atoms with Gasteiger partial charge >= 0.3 is 0 Å². The number of hydrogen-bond acceptors (Lipinski definition) is 2. The Labute approximate surface area is 117 Å². The molecular weight excluding hydrogens is 234 g/mol. The van der Waals surface area contributed by atoms with Gasteiger partial charge < -0.3 is 10.1 Å². The number of aryl methyl sites for hydroxylation is 3. The van der Waals surface area contributed by atoms with Crippen molar-refractivity contribution in [2.45, 2.75) is 46.6 Å². The molecule has 2 atom stereocenters. The van der Waals surface area contributed by atoms with Crippen LogP contribution in [0.25, 0.3) is 0 Å². The van der Waals surface area contributed by atoms with Crippen LogP contribution in [0.3, 0.4) is 0 Å². The van der Waals surface area contributed by atoms with Crippen LogP contribution in [-0.4, -0.2) is 19.8 Å². The first kappa shape index (κ1) is 14.5. The molecule has 2 heteroatoms. The van der Waals surface area contributed by atoms with Gasteiger partial charge in [-0.2, -0.15) is 0 Å². The van der Waals surface area contributed by atoms with Crippen LogP contribution in [0, 0.1) is 26.7 Å². The number of nitrogens with one attached hydrogen (secondary N) is 1. The molecule has 0 aromatic heterocycles. The molecule has 2 rings (SSSR count). The monoisotopic (exact) mass is 261 g/mol. The van der Waals surface area contributed by atoms with Crippen molar-refractivity contribution < 1.29 is 4.74 Å². The molecule has 106 valence electrons. The molecule has 1 saturated heterocycles. The van der Waals surface area contributed by atoms with Gasteiger partial charge in [0.2, 0.25) is 0 Å². The van der Waals surface area contributed by atoms with Crippen LogP contribution in [0.15, 0.2) is 12.1 Å². The fourth-order valence-corrected chi connectivity index (χ4v) is 3.10. The molecule has 0 aliphatic carbocycles. The van der Waals surface area contributed by atoms with E-state index in [1.165, 1.54) is 35.1 Å². The van der Waals surface area contributed by atoms with E-state index in [1.807, 2.05) is 0 Å². The highest BCUT2D eigenvalue weighted by Gasteiger charge is 2.26. The minimum absolute atomic E-state index is 0.435. The zero-order valence-corrected chi connectivity index (χ0v) is 12.8. The molecule has 1 aromatic rings. The Hall–Kier alpha value is -0.860. The number of rotatable bonds is 4. The molecule has 0 radical (unpaired) electrons. The standard InChI is InChI=1S/C17H27NO/c1-5-18-17(15-7-6-8-19-11-15)16-10-13(3)12(2)9-14(16)4/h9-10,15,17-18H,5-8,11H2,1-4H3. The lowest BCUT2D eigenvalue weighted by atomic mass is 9.85. The summed E-state index contributed by atoms with van der Waals surface area (Å²) in [6.45, 7) is 11.7. The van der Waals surface area contributed by atoms with E-state index in [0.29, 0.717) is 12.0 Å². The predicted octanol–water partition coefficient (Wildman–Crippen LogP) is 3.69. The Bertz CT molecular complexity index is 422. The lowest BCUT2D eigenvalue weighted by molar-refractivity contribution is 0.0392. The summed E-state index contributed by atoms with van der Waals surface area (Å²) in [6, 6.07) is 5.12. The zero-order valence-electron chi connectivity index (χ0n) is 12.8. The second-order valence-corrected chi connectivity index (χ2v) is 5.81. The average molecular weight is 261 g/mol. The fourth-order valence-electron chi connectivity index (χ4n) is 3.10. The second kappa shape index (κ2) is 6.53. The van der Waals surface area contributed by atoms with Crippen LogP contribution in [0.1, 0.15) is 48.1 Å². The van der Waals surface area contributed by atoms with Crippen LogP contribution in [0.4, 0.5) is 0 Å². The van der Waals surface area contributed by atoms with Crippen molar-refractivity contribution in [2.24, 2.45) is 5.92 Å². The molecule has 1 aliphatic rings. The lowest BCUT2D eigenvalue weighted by Gasteiger charge is -2.32. The summed E-state index contributed by atoms with van der Waals surface area (Å²) >= 11 is 0. The highest BCUT2D eigenvalue weighted by atomic mass is 16.5. The van der Waals surface area contributed by atoms with Crippen LogP contribution in [0.5, 0.6) is 0 Å². The van der Waals surface area contributed by atoms with Gasteiger partial charge in [-0.3, -0.25) is 0 Å². The minimum Gasteiger partial charge on any atom is -0.381 e. The van der Waals surface area contributed by atoms with Gasteiger partial charge in [-0.05, 0) is 62.4 Å². The van der Waals surface area contributed by atoms with Crippen LogP contribution >= 0.6 is 0 Å². The summed E-state index contributed by atoms with van der Waals surface area (Å²) in [7, 11) is 0. The Morgan fingerprint density at radius 1 is 1.21 bits per heavy atom. The van der Waals surface area contributed by atoms with E-state index >= 15 is 0 Å². The van der Waals surface area contributed by atoms with Crippen molar-refractivity contribution in [2.75, 3.05) is 19.8 Å². The SMILES string of the molecule is CCNC(c1cc(C)c(C)cc1C)C1CCCOC1. The molecule has 1 fully saturated rings. The molecule has 1 N–H and O–H groups in total. The topological polar surface area (TPSA) is 21.3 Å². The summed E-state index contributed by atoms with van der Waals surface area (Å²) in [4.78, 5) is 0. The zero-order chi connectivity index (χ0) is 13.8. The van der Waals surface area contributed by atoms with Crippen molar-refractivity contribution in [1.82, 2.24) is 5.32 Å². The number of hydrogen-bond donors (Lipinski definition) is 1. The van der Waals surface area contributed by atoms with E-state index < -0.39 is 0 Å². The quantitative estimate of drug-likeness (QED) is 0.892. The first-order chi connectivity index (χ1) is 9.13. The molecule has 1 heterocycles.